The second kappa shape index (κ2) is 5.39. The van der Waals surface area contributed by atoms with Gasteiger partial charge in [0, 0.05) is 18.1 Å². The van der Waals surface area contributed by atoms with E-state index in [1.807, 2.05) is 36.4 Å². The number of pyridine rings is 1. The Balaban J connectivity index is 1.90. The molecule has 0 amide bonds. The predicted molar refractivity (Wildman–Crippen MR) is 82.2 cm³/mol. The zero-order valence-electron chi connectivity index (χ0n) is 10.7. The zero-order chi connectivity index (χ0) is 13.9. The van der Waals surface area contributed by atoms with Gasteiger partial charge < -0.3 is 10.4 Å². The number of hydrogen-bond donors (Lipinski definition) is 2. The highest BCUT2D eigenvalue weighted by molar-refractivity contribution is 6.35. The summed E-state index contributed by atoms with van der Waals surface area (Å²) in [6.45, 7) is 0.613. The lowest BCUT2D eigenvalue weighted by molar-refractivity contribution is 0.474. The number of halogens is 1. The molecule has 0 bridgehead atoms. The van der Waals surface area contributed by atoms with Crippen molar-refractivity contribution in [2.45, 2.75) is 6.54 Å². The van der Waals surface area contributed by atoms with Gasteiger partial charge in [0.2, 0.25) is 0 Å². The first-order chi connectivity index (χ1) is 9.74. The lowest BCUT2D eigenvalue weighted by Gasteiger charge is -2.10. The molecule has 0 aliphatic rings. The minimum atomic E-state index is 0.267. The third-order valence-electron chi connectivity index (χ3n) is 3.11. The van der Waals surface area contributed by atoms with Gasteiger partial charge in [-0.15, -0.1) is 0 Å². The van der Waals surface area contributed by atoms with Crippen LogP contribution in [0.2, 0.25) is 5.02 Å². The Morgan fingerprint density at radius 2 is 2.00 bits per heavy atom. The van der Waals surface area contributed by atoms with Crippen LogP contribution < -0.4 is 5.32 Å². The molecule has 3 nitrogen and oxygen atoms in total. The minimum Gasteiger partial charge on any atom is -0.508 e. The molecule has 0 aliphatic carbocycles. The summed E-state index contributed by atoms with van der Waals surface area (Å²) in [5.74, 6) is 0.267. The molecule has 0 saturated carbocycles. The van der Waals surface area contributed by atoms with Crippen LogP contribution in [-0.2, 0) is 6.54 Å². The number of anilines is 1. The van der Waals surface area contributed by atoms with Crippen molar-refractivity contribution in [1.82, 2.24) is 4.98 Å². The van der Waals surface area contributed by atoms with Crippen LogP contribution in [0.3, 0.4) is 0 Å². The van der Waals surface area contributed by atoms with Crippen LogP contribution in [0.25, 0.3) is 10.9 Å². The third-order valence-corrected chi connectivity index (χ3v) is 3.44. The van der Waals surface area contributed by atoms with Crippen molar-refractivity contribution in [2.24, 2.45) is 0 Å². The number of fused-ring (bicyclic) bond motifs is 1. The molecule has 100 valence electrons. The van der Waals surface area contributed by atoms with E-state index in [1.54, 1.807) is 18.3 Å². The number of nitrogens with one attached hydrogen (secondary N) is 1. The Labute approximate surface area is 121 Å². The molecule has 0 radical (unpaired) electrons. The Hall–Kier alpha value is -2.26. The fraction of sp³-hybridized carbons (Fsp3) is 0.0625. The lowest BCUT2D eigenvalue weighted by atomic mass is 10.1. The fourth-order valence-corrected chi connectivity index (χ4v) is 2.36. The first-order valence-electron chi connectivity index (χ1n) is 6.29. The second-order valence-electron chi connectivity index (χ2n) is 4.52. The average Bonchev–Trinajstić information content (AvgIpc) is 2.47. The predicted octanol–water partition coefficient (Wildman–Crippen LogP) is 4.21. The number of phenolic OH excluding ortho intramolecular Hbond substituents is 1. The van der Waals surface area contributed by atoms with Crippen LogP contribution in [0, 0.1) is 0 Å². The molecule has 0 spiro atoms. The van der Waals surface area contributed by atoms with Crippen molar-refractivity contribution >= 4 is 28.2 Å². The SMILES string of the molecule is Oc1cccc(CNc2ccc(Cl)c3cccnc23)c1. The first-order valence-corrected chi connectivity index (χ1v) is 6.67. The van der Waals surface area contributed by atoms with Crippen LogP contribution in [0.1, 0.15) is 5.56 Å². The van der Waals surface area contributed by atoms with E-state index in [-0.39, 0.29) is 5.75 Å². The van der Waals surface area contributed by atoms with Crippen molar-refractivity contribution in [1.29, 1.82) is 0 Å². The highest BCUT2D eigenvalue weighted by atomic mass is 35.5. The minimum absolute atomic E-state index is 0.267. The molecule has 20 heavy (non-hydrogen) atoms. The number of aromatic nitrogens is 1. The van der Waals surface area contributed by atoms with E-state index in [4.69, 9.17) is 11.6 Å². The van der Waals surface area contributed by atoms with Crippen LogP contribution >= 0.6 is 11.6 Å². The van der Waals surface area contributed by atoms with Gasteiger partial charge in [-0.1, -0.05) is 23.7 Å². The third kappa shape index (κ3) is 2.53. The van der Waals surface area contributed by atoms with Gasteiger partial charge in [0.05, 0.1) is 16.2 Å². The first kappa shape index (κ1) is 12.8. The quantitative estimate of drug-likeness (QED) is 0.757. The van der Waals surface area contributed by atoms with Crippen LogP contribution in [0.4, 0.5) is 5.69 Å². The maximum absolute atomic E-state index is 9.46. The van der Waals surface area contributed by atoms with Gasteiger partial charge in [-0.3, -0.25) is 4.98 Å². The summed E-state index contributed by atoms with van der Waals surface area (Å²) in [6, 6.07) is 14.8. The topological polar surface area (TPSA) is 45.1 Å². The summed E-state index contributed by atoms with van der Waals surface area (Å²) in [6.07, 6.45) is 1.75. The van der Waals surface area contributed by atoms with E-state index < -0.39 is 0 Å². The molecule has 3 aromatic rings. The monoisotopic (exact) mass is 284 g/mol. The molecule has 2 N–H and O–H groups in total. The van der Waals surface area contributed by atoms with Gasteiger partial charge in [0.25, 0.3) is 0 Å². The maximum atomic E-state index is 9.46. The standard InChI is InChI=1S/C16H13ClN2O/c17-14-6-7-15(16-13(14)5-2-8-18-16)19-10-11-3-1-4-12(20)9-11/h1-9,19-20H,10H2. The molecule has 3 rings (SSSR count). The molecular weight excluding hydrogens is 272 g/mol. The Morgan fingerprint density at radius 1 is 1.10 bits per heavy atom. The molecule has 0 fully saturated rings. The van der Waals surface area contributed by atoms with E-state index in [0.29, 0.717) is 11.6 Å². The van der Waals surface area contributed by atoms with Crippen molar-refractivity contribution < 1.29 is 5.11 Å². The summed E-state index contributed by atoms with van der Waals surface area (Å²) >= 11 is 6.17. The van der Waals surface area contributed by atoms with Gasteiger partial charge >= 0.3 is 0 Å². The molecule has 1 aromatic heterocycles. The van der Waals surface area contributed by atoms with Gasteiger partial charge in [-0.25, -0.2) is 0 Å². The maximum Gasteiger partial charge on any atom is 0.115 e. The summed E-state index contributed by atoms with van der Waals surface area (Å²) in [5.41, 5.74) is 2.78. The normalized spacial score (nSPS) is 10.7. The van der Waals surface area contributed by atoms with E-state index >= 15 is 0 Å². The summed E-state index contributed by atoms with van der Waals surface area (Å²) < 4.78 is 0. The number of benzene rings is 2. The van der Waals surface area contributed by atoms with E-state index in [0.717, 1.165) is 22.2 Å². The van der Waals surface area contributed by atoms with Crippen LogP contribution in [0.15, 0.2) is 54.7 Å². The molecule has 0 aliphatic heterocycles. The number of phenols is 1. The number of nitrogens with zero attached hydrogens (tertiary/aromatic N) is 1. The number of rotatable bonds is 3. The zero-order valence-corrected chi connectivity index (χ0v) is 11.4. The summed E-state index contributed by atoms with van der Waals surface area (Å²) in [7, 11) is 0. The Kier molecular flexibility index (Phi) is 3.44. The van der Waals surface area contributed by atoms with Crippen LogP contribution in [0.5, 0.6) is 5.75 Å². The van der Waals surface area contributed by atoms with Crippen molar-refractivity contribution in [3.63, 3.8) is 0 Å². The fourth-order valence-electron chi connectivity index (χ4n) is 2.14. The molecule has 1 heterocycles. The highest BCUT2D eigenvalue weighted by Gasteiger charge is 2.05. The van der Waals surface area contributed by atoms with Crippen molar-refractivity contribution in [2.75, 3.05) is 5.32 Å². The summed E-state index contributed by atoms with van der Waals surface area (Å²) in [5, 5.41) is 14.4. The van der Waals surface area contributed by atoms with E-state index in [2.05, 4.69) is 10.3 Å². The molecule has 0 saturated heterocycles. The Morgan fingerprint density at radius 3 is 2.85 bits per heavy atom. The van der Waals surface area contributed by atoms with Gasteiger partial charge in [-0.2, -0.15) is 0 Å². The lowest BCUT2D eigenvalue weighted by Crippen LogP contribution is -2.00. The molecule has 4 heteroatoms. The Bertz CT molecular complexity index is 758. The van der Waals surface area contributed by atoms with Crippen molar-refractivity contribution in [3.05, 3.63) is 65.3 Å². The van der Waals surface area contributed by atoms with Gasteiger partial charge in [0.15, 0.2) is 0 Å². The second-order valence-corrected chi connectivity index (χ2v) is 4.93. The van der Waals surface area contributed by atoms with E-state index in [1.165, 1.54) is 0 Å². The highest BCUT2D eigenvalue weighted by Crippen LogP contribution is 2.28. The molecular formula is C16H13ClN2O. The summed E-state index contributed by atoms with van der Waals surface area (Å²) in [4.78, 5) is 4.38. The average molecular weight is 285 g/mol. The molecule has 0 atom stereocenters. The van der Waals surface area contributed by atoms with Crippen LogP contribution in [-0.4, -0.2) is 10.1 Å². The number of aromatic hydroxyl groups is 1. The van der Waals surface area contributed by atoms with Crippen molar-refractivity contribution in [3.8, 4) is 5.75 Å². The smallest absolute Gasteiger partial charge is 0.115 e. The molecule has 0 unspecified atom stereocenters. The van der Waals surface area contributed by atoms with E-state index in [9.17, 15) is 5.11 Å². The van der Waals surface area contributed by atoms with Gasteiger partial charge in [-0.05, 0) is 42.0 Å². The number of hydrogen-bond acceptors (Lipinski definition) is 3. The molecule has 2 aromatic carbocycles. The van der Waals surface area contributed by atoms with Gasteiger partial charge in [0.1, 0.15) is 5.75 Å². The largest absolute Gasteiger partial charge is 0.508 e.